The molecule has 0 radical (unpaired) electrons. The number of carbonyl (C=O) groups excluding carboxylic acids is 2. The summed E-state index contributed by atoms with van der Waals surface area (Å²) in [4.78, 5) is 27.8. The van der Waals surface area contributed by atoms with Crippen LogP contribution in [-0.2, 0) is 16.1 Å². The molecule has 31 heavy (non-hydrogen) atoms. The predicted octanol–water partition coefficient (Wildman–Crippen LogP) is 5.41. The second kappa shape index (κ2) is 10.7. The molecule has 4 nitrogen and oxygen atoms in total. The molecule has 0 aliphatic heterocycles. The van der Waals surface area contributed by atoms with Crippen LogP contribution in [0.2, 0.25) is 10.0 Å². The first-order valence-corrected chi connectivity index (χ1v) is 10.3. The highest BCUT2D eigenvalue weighted by Crippen LogP contribution is 2.32. The highest BCUT2D eigenvalue weighted by atomic mass is 35.5. The molecule has 3 aromatic rings. The van der Waals surface area contributed by atoms with E-state index in [2.05, 4.69) is 17.2 Å². The Hall–Kier alpha value is -3.26. The Morgan fingerprint density at radius 3 is 2.19 bits per heavy atom. The quantitative estimate of drug-likeness (QED) is 0.510. The van der Waals surface area contributed by atoms with Crippen LogP contribution in [0.15, 0.2) is 78.9 Å². The lowest BCUT2D eigenvalue weighted by Crippen LogP contribution is -2.43. The molecule has 3 aromatic carbocycles. The molecule has 1 N–H and O–H groups in total. The van der Waals surface area contributed by atoms with Gasteiger partial charge in [0.2, 0.25) is 5.91 Å². The van der Waals surface area contributed by atoms with E-state index in [1.54, 1.807) is 37.3 Å². The number of halogens is 2. The van der Waals surface area contributed by atoms with E-state index >= 15 is 0 Å². The first-order valence-electron chi connectivity index (χ1n) is 9.59. The summed E-state index contributed by atoms with van der Waals surface area (Å²) in [7, 11) is 0. The van der Waals surface area contributed by atoms with Crippen LogP contribution in [0.3, 0.4) is 0 Å². The fraction of sp³-hybridized carbons (Fsp3) is 0.120. The van der Waals surface area contributed by atoms with Crippen LogP contribution in [0.4, 0.5) is 5.69 Å². The van der Waals surface area contributed by atoms with E-state index in [4.69, 9.17) is 23.2 Å². The third kappa shape index (κ3) is 5.67. The van der Waals surface area contributed by atoms with Gasteiger partial charge in [-0.05, 0) is 42.2 Å². The topological polar surface area (TPSA) is 49.4 Å². The van der Waals surface area contributed by atoms with Crippen LogP contribution in [-0.4, -0.2) is 11.8 Å². The van der Waals surface area contributed by atoms with Crippen LogP contribution in [0.1, 0.15) is 24.1 Å². The molecule has 0 aromatic heterocycles. The van der Waals surface area contributed by atoms with Gasteiger partial charge in [0.1, 0.15) is 6.04 Å². The van der Waals surface area contributed by atoms with Crippen LogP contribution in [0.5, 0.6) is 0 Å². The maximum absolute atomic E-state index is 13.4. The number of anilines is 1. The van der Waals surface area contributed by atoms with Crippen molar-refractivity contribution in [1.82, 2.24) is 5.32 Å². The average Bonchev–Trinajstić information content (AvgIpc) is 2.79. The van der Waals surface area contributed by atoms with E-state index in [1.807, 2.05) is 48.5 Å². The van der Waals surface area contributed by atoms with E-state index in [1.165, 1.54) is 4.90 Å². The lowest BCUT2D eigenvalue weighted by molar-refractivity contribution is -0.125. The van der Waals surface area contributed by atoms with Gasteiger partial charge in [-0.25, -0.2) is 0 Å². The van der Waals surface area contributed by atoms with Crippen LogP contribution >= 0.6 is 23.2 Å². The predicted molar refractivity (Wildman–Crippen MR) is 125 cm³/mol. The van der Waals surface area contributed by atoms with E-state index < -0.39 is 11.9 Å². The van der Waals surface area contributed by atoms with Crippen LogP contribution < -0.4 is 10.2 Å². The Morgan fingerprint density at radius 2 is 1.58 bits per heavy atom. The Balaban J connectivity index is 2.04. The van der Waals surface area contributed by atoms with Crippen molar-refractivity contribution in [2.45, 2.75) is 19.5 Å². The third-order valence-electron chi connectivity index (χ3n) is 4.56. The maximum atomic E-state index is 13.4. The molecule has 156 valence electrons. The van der Waals surface area contributed by atoms with Crippen LogP contribution in [0, 0.1) is 11.8 Å². The zero-order chi connectivity index (χ0) is 22.2. The second-order valence-corrected chi connectivity index (χ2v) is 7.48. The zero-order valence-electron chi connectivity index (χ0n) is 16.8. The van der Waals surface area contributed by atoms with E-state index in [-0.39, 0.29) is 10.9 Å². The summed E-state index contributed by atoms with van der Waals surface area (Å²) in [6, 6.07) is 22.5. The number of nitrogens with zero attached hydrogens (tertiary/aromatic N) is 1. The zero-order valence-corrected chi connectivity index (χ0v) is 18.3. The summed E-state index contributed by atoms with van der Waals surface area (Å²) in [6.45, 7) is 1.89. The molecule has 2 amide bonds. The minimum atomic E-state index is -0.949. The standard InChI is InChI=1S/C25H20Cl2N2O2/c1-2-9-23(30)29(20-14-15-21(26)22(27)16-20)24(19-12-7-4-8-13-19)25(31)28-17-18-10-5-3-6-11-18/h3-8,10-16,24H,17H2,1H3,(H,28,31). The van der Waals surface area contributed by atoms with E-state index in [0.29, 0.717) is 22.8 Å². The summed E-state index contributed by atoms with van der Waals surface area (Å²) in [5.41, 5.74) is 2.01. The summed E-state index contributed by atoms with van der Waals surface area (Å²) in [5, 5.41) is 3.56. The molecule has 0 saturated carbocycles. The first-order chi connectivity index (χ1) is 15.0. The molecule has 0 bridgehead atoms. The molecule has 1 unspecified atom stereocenters. The van der Waals surface area contributed by atoms with Gasteiger partial charge in [-0.3, -0.25) is 14.5 Å². The molecular formula is C25H20Cl2N2O2. The van der Waals surface area contributed by atoms with Gasteiger partial charge in [-0.1, -0.05) is 89.8 Å². The molecule has 1 atom stereocenters. The number of amides is 2. The summed E-state index contributed by atoms with van der Waals surface area (Å²) in [6.07, 6.45) is 0. The van der Waals surface area contributed by atoms with E-state index in [9.17, 15) is 9.59 Å². The molecule has 3 rings (SSSR count). The average molecular weight is 451 g/mol. The van der Waals surface area contributed by atoms with Crippen molar-refractivity contribution < 1.29 is 9.59 Å². The van der Waals surface area contributed by atoms with Crippen molar-refractivity contribution in [1.29, 1.82) is 0 Å². The number of rotatable bonds is 6. The Bertz CT molecular complexity index is 1120. The van der Waals surface area contributed by atoms with Gasteiger partial charge >= 0.3 is 5.91 Å². The smallest absolute Gasteiger partial charge is 0.303 e. The minimum Gasteiger partial charge on any atom is -0.350 e. The van der Waals surface area contributed by atoms with Crippen molar-refractivity contribution in [2.24, 2.45) is 0 Å². The highest BCUT2D eigenvalue weighted by Gasteiger charge is 2.32. The van der Waals surface area contributed by atoms with Gasteiger partial charge in [0, 0.05) is 12.2 Å². The first kappa shape index (κ1) is 22.4. The number of nitrogens with one attached hydrogen (secondary N) is 1. The number of benzene rings is 3. The van der Waals surface area contributed by atoms with Gasteiger partial charge in [0.05, 0.1) is 10.0 Å². The fourth-order valence-corrected chi connectivity index (χ4v) is 3.41. The monoisotopic (exact) mass is 450 g/mol. The van der Waals surface area contributed by atoms with Crippen molar-refractivity contribution in [3.8, 4) is 11.8 Å². The Morgan fingerprint density at radius 1 is 0.935 bits per heavy atom. The number of carbonyl (C=O) groups is 2. The third-order valence-corrected chi connectivity index (χ3v) is 5.30. The fourth-order valence-electron chi connectivity index (χ4n) is 3.12. The van der Waals surface area contributed by atoms with E-state index in [0.717, 1.165) is 5.56 Å². The SMILES string of the molecule is CC#CC(=O)N(c1ccc(Cl)c(Cl)c1)C(C(=O)NCc1ccccc1)c1ccccc1. The number of hydrogen-bond donors (Lipinski definition) is 1. The van der Waals surface area contributed by atoms with Crippen molar-refractivity contribution in [3.05, 3.63) is 100 Å². The van der Waals surface area contributed by atoms with Gasteiger partial charge in [0.15, 0.2) is 0 Å². The molecule has 0 saturated heterocycles. The molecule has 0 heterocycles. The molecule has 0 aliphatic carbocycles. The Labute approximate surface area is 191 Å². The van der Waals surface area contributed by atoms with Crippen molar-refractivity contribution in [2.75, 3.05) is 4.90 Å². The lowest BCUT2D eigenvalue weighted by atomic mass is 10.0. The molecule has 0 aliphatic rings. The summed E-state index contributed by atoms with van der Waals surface area (Å²) >= 11 is 12.3. The van der Waals surface area contributed by atoms with Crippen molar-refractivity contribution in [3.63, 3.8) is 0 Å². The number of hydrogen-bond acceptors (Lipinski definition) is 2. The molecular weight excluding hydrogens is 431 g/mol. The molecule has 0 fully saturated rings. The van der Waals surface area contributed by atoms with Gasteiger partial charge in [0.25, 0.3) is 0 Å². The Kier molecular flexibility index (Phi) is 7.72. The molecule has 0 spiro atoms. The van der Waals surface area contributed by atoms with Gasteiger partial charge < -0.3 is 5.32 Å². The normalized spacial score (nSPS) is 11.1. The lowest BCUT2D eigenvalue weighted by Gasteiger charge is -2.30. The maximum Gasteiger partial charge on any atom is 0.303 e. The highest BCUT2D eigenvalue weighted by molar-refractivity contribution is 6.42. The summed E-state index contributed by atoms with van der Waals surface area (Å²) < 4.78 is 0. The van der Waals surface area contributed by atoms with Crippen LogP contribution in [0.25, 0.3) is 0 Å². The van der Waals surface area contributed by atoms with Crippen molar-refractivity contribution >= 4 is 40.7 Å². The largest absolute Gasteiger partial charge is 0.350 e. The summed E-state index contributed by atoms with van der Waals surface area (Å²) in [5.74, 6) is 4.29. The van der Waals surface area contributed by atoms with Gasteiger partial charge in [-0.15, -0.1) is 0 Å². The molecule has 6 heteroatoms. The second-order valence-electron chi connectivity index (χ2n) is 6.67. The van der Waals surface area contributed by atoms with Gasteiger partial charge in [-0.2, -0.15) is 0 Å². The minimum absolute atomic E-state index is 0.276.